The number of hydrogen-bond acceptors (Lipinski definition) is 2. The van der Waals surface area contributed by atoms with Gasteiger partial charge in [-0.2, -0.15) is 0 Å². The second kappa shape index (κ2) is 7.88. The van der Waals surface area contributed by atoms with Crippen LogP contribution < -0.4 is 5.32 Å². The van der Waals surface area contributed by atoms with Gasteiger partial charge in [0.05, 0.1) is 6.10 Å². The van der Waals surface area contributed by atoms with Crippen LogP contribution in [0.5, 0.6) is 0 Å². The smallest absolute Gasteiger partial charge is 0.0586 e. The molecular weight excluding hydrogens is 289 g/mol. The van der Waals surface area contributed by atoms with Crippen molar-refractivity contribution >= 4 is 22.6 Å². The van der Waals surface area contributed by atoms with Crippen molar-refractivity contribution in [1.82, 2.24) is 5.32 Å². The van der Waals surface area contributed by atoms with Gasteiger partial charge in [0.25, 0.3) is 0 Å². The molecule has 3 heteroatoms. The van der Waals surface area contributed by atoms with Crippen molar-refractivity contribution in [2.24, 2.45) is 0 Å². The number of rotatable bonds is 6. The number of nitrogens with one attached hydrogen (secondary N) is 1. The third-order valence-corrected chi connectivity index (χ3v) is 3.72. The molecule has 14 heavy (non-hydrogen) atoms. The molecule has 0 bridgehead atoms. The van der Waals surface area contributed by atoms with Crippen LogP contribution in [0.4, 0.5) is 0 Å². The van der Waals surface area contributed by atoms with E-state index in [4.69, 9.17) is 4.74 Å². The Morgan fingerprint density at radius 1 is 1.36 bits per heavy atom. The van der Waals surface area contributed by atoms with E-state index in [1.165, 1.54) is 49.5 Å². The maximum absolute atomic E-state index is 5.41. The summed E-state index contributed by atoms with van der Waals surface area (Å²) >= 11 is 2.44. The first-order valence-corrected chi connectivity index (χ1v) is 7.21. The summed E-state index contributed by atoms with van der Waals surface area (Å²) < 4.78 is 6.69. The zero-order valence-corrected chi connectivity index (χ0v) is 11.3. The Bertz CT molecular complexity index is 143. The van der Waals surface area contributed by atoms with Gasteiger partial charge in [-0.1, -0.05) is 22.6 Å². The molecule has 0 aliphatic heterocycles. The van der Waals surface area contributed by atoms with Gasteiger partial charge in [-0.15, -0.1) is 0 Å². The molecule has 1 N–H and O–H groups in total. The molecule has 0 aromatic heterocycles. The fraction of sp³-hybridized carbons (Fsp3) is 1.00. The second-order valence-electron chi connectivity index (χ2n) is 4.07. The molecule has 0 saturated heterocycles. The van der Waals surface area contributed by atoms with E-state index < -0.39 is 0 Å². The molecule has 84 valence electrons. The Balaban J connectivity index is 2.05. The van der Waals surface area contributed by atoms with Gasteiger partial charge in [-0.05, 0) is 49.5 Å². The minimum atomic E-state index is 0.505. The van der Waals surface area contributed by atoms with E-state index in [1.54, 1.807) is 0 Å². The van der Waals surface area contributed by atoms with E-state index in [1.807, 2.05) is 7.11 Å². The average molecular weight is 311 g/mol. The highest BCUT2D eigenvalue weighted by atomic mass is 127. The van der Waals surface area contributed by atoms with Crippen molar-refractivity contribution < 1.29 is 4.74 Å². The molecule has 0 spiro atoms. The lowest BCUT2D eigenvalue weighted by Crippen LogP contribution is -2.37. The largest absolute Gasteiger partial charge is 0.381 e. The standard InChI is InChI=1S/C11H22INO/c1-14-11-6-4-5-10(9-11)13-8-3-2-7-12/h10-11,13H,2-9H2,1H3. The van der Waals surface area contributed by atoms with Crippen molar-refractivity contribution in [3.8, 4) is 0 Å². The highest BCUT2D eigenvalue weighted by Gasteiger charge is 2.20. The van der Waals surface area contributed by atoms with Gasteiger partial charge < -0.3 is 10.1 Å². The van der Waals surface area contributed by atoms with Gasteiger partial charge in [-0.3, -0.25) is 0 Å². The van der Waals surface area contributed by atoms with Crippen molar-refractivity contribution in [2.75, 3.05) is 18.1 Å². The van der Waals surface area contributed by atoms with Crippen molar-refractivity contribution in [1.29, 1.82) is 0 Å². The predicted molar refractivity (Wildman–Crippen MR) is 69.2 cm³/mol. The van der Waals surface area contributed by atoms with E-state index in [2.05, 4.69) is 27.9 Å². The van der Waals surface area contributed by atoms with Crippen LogP contribution in [0.25, 0.3) is 0 Å². The third kappa shape index (κ3) is 4.94. The van der Waals surface area contributed by atoms with Crippen LogP contribution in [0.1, 0.15) is 38.5 Å². The molecule has 1 aliphatic carbocycles. The maximum atomic E-state index is 5.41. The average Bonchev–Trinajstić information content (AvgIpc) is 2.25. The fourth-order valence-electron chi connectivity index (χ4n) is 2.07. The summed E-state index contributed by atoms with van der Waals surface area (Å²) in [6, 6.07) is 0.711. The number of ether oxygens (including phenoxy) is 1. The fourth-order valence-corrected chi connectivity index (χ4v) is 2.61. The molecule has 2 nitrogen and oxygen atoms in total. The van der Waals surface area contributed by atoms with Crippen LogP contribution in [0, 0.1) is 0 Å². The number of halogens is 1. The van der Waals surface area contributed by atoms with Gasteiger partial charge >= 0.3 is 0 Å². The molecule has 2 unspecified atom stereocenters. The first-order valence-electron chi connectivity index (χ1n) is 5.69. The van der Waals surface area contributed by atoms with E-state index in [9.17, 15) is 0 Å². The summed E-state index contributed by atoms with van der Waals surface area (Å²) in [6.45, 7) is 1.18. The van der Waals surface area contributed by atoms with Crippen LogP contribution in [0.15, 0.2) is 0 Å². The Morgan fingerprint density at radius 2 is 2.21 bits per heavy atom. The molecule has 0 radical (unpaired) electrons. The zero-order chi connectivity index (χ0) is 10.2. The van der Waals surface area contributed by atoms with Gasteiger partial charge in [0.15, 0.2) is 0 Å². The number of unbranched alkanes of at least 4 members (excludes halogenated alkanes) is 1. The van der Waals surface area contributed by atoms with Gasteiger partial charge in [-0.25, -0.2) is 0 Å². The Labute approximate surface area is 101 Å². The quantitative estimate of drug-likeness (QED) is 0.463. The van der Waals surface area contributed by atoms with Crippen LogP contribution in [-0.2, 0) is 4.74 Å². The highest BCUT2D eigenvalue weighted by Crippen LogP contribution is 2.20. The molecule has 1 aliphatic rings. The van der Waals surface area contributed by atoms with E-state index in [0.29, 0.717) is 12.1 Å². The Hall–Kier alpha value is 0.650. The molecule has 0 amide bonds. The maximum Gasteiger partial charge on any atom is 0.0586 e. The zero-order valence-electron chi connectivity index (χ0n) is 9.10. The summed E-state index contributed by atoms with van der Waals surface area (Å²) in [6.07, 6.45) is 8.28. The minimum Gasteiger partial charge on any atom is -0.381 e. The molecule has 1 saturated carbocycles. The molecular formula is C11H22INO. The molecule has 2 atom stereocenters. The lowest BCUT2D eigenvalue weighted by Gasteiger charge is -2.28. The topological polar surface area (TPSA) is 21.3 Å². The Morgan fingerprint density at radius 3 is 2.93 bits per heavy atom. The van der Waals surface area contributed by atoms with E-state index in [-0.39, 0.29) is 0 Å². The first-order chi connectivity index (χ1) is 6.86. The summed E-state index contributed by atoms with van der Waals surface area (Å²) in [7, 11) is 1.84. The van der Waals surface area contributed by atoms with Crippen molar-refractivity contribution in [3.05, 3.63) is 0 Å². The third-order valence-electron chi connectivity index (χ3n) is 2.95. The number of methoxy groups -OCH3 is 1. The van der Waals surface area contributed by atoms with Crippen molar-refractivity contribution in [2.45, 2.75) is 50.7 Å². The summed E-state index contributed by atoms with van der Waals surface area (Å²) in [5.74, 6) is 0. The first kappa shape index (κ1) is 12.7. The number of alkyl halides is 1. The minimum absolute atomic E-state index is 0.505. The lowest BCUT2D eigenvalue weighted by molar-refractivity contribution is 0.0589. The SMILES string of the molecule is COC1CCCC(NCCCCI)C1. The van der Waals surface area contributed by atoms with Gasteiger partial charge in [0.2, 0.25) is 0 Å². The second-order valence-corrected chi connectivity index (χ2v) is 5.15. The molecule has 1 fully saturated rings. The van der Waals surface area contributed by atoms with E-state index >= 15 is 0 Å². The molecule has 0 aromatic rings. The predicted octanol–water partition coefficient (Wildman–Crippen LogP) is 2.75. The number of hydrogen-bond donors (Lipinski definition) is 1. The Kier molecular flexibility index (Phi) is 7.16. The molecule has 1 rings (SSSR count). The van der Waals surface area contributed by atoms with E-state index in [0.717, 1.165) is 0 Å². The lowest BCUT2D eigenvalue weighted by atomic mass is 9.93. The van der Waals surface area contributed by atoms with Gasteiger partial charge in [0, 0.05) is 13.2 Å². The van der Waals surface area contributed by atoms with Crippen LogP contribution in [0.2, 0.25) is 0 Å². The molecule has 0 aromatic carbocycles. The monoisotopic (exact) mass is 311 g/mol. The summed E-state index contributed by atoms with van der Waals surface area (Å²) in [4.78, 5) is 0. The van der Waals surface area contributed by atoms with Gasteiger partial charge in [0.1, 0.15) is 0 Å². The normalized spacial score (nSPS) is 27.9. The van der Waals surface area contributed by atoms with Crippen molar-refractivity contribution in [3.63, 3.8) is 0 Å². The summed E-state index contributed by atoms with van der Waals surface area (Å²) in [5.41, 5.74) is 0. The van der Waals surface area contributed by atoms with Crippen LogP contribution >= 0.6 is 22.6 Å². The van der Waals surface area contributed by atoms with Crippen LogP contribution in [-0.4, -0.2) is 30.2 Å². The highest BCUT2D eigenvalue weighted by molar-refractivity contribution is 14.1. The summed E-state index contributed by atoms with van der Waals surface area (Å²) in [5, 5.41) is 3.64. The van der Waals surface area contributed by atoms with Crippen LogP contribution in [0.3, 0.4) is 0 Å². The molecule has 0 heterocycles.